The van der Waals surface area contributed by atoms with Gasteiger partial charge in [-0.2, -0.15) is 0 Å². The highest BCUT2D eigenvalue weighted by Gasteiger charge is 2.48. The number of aromatic nitrogens is 1. The maximum absolute atomic E-state index is 7.26. The molecule has 2 aromatic heterocycles. The average Bonchev–Trinajstić information content (AvgIpc) is 3.97. The number of benzene rings is 10. The molecule has 1 aliphatic rings. The zero-order chi connectivity index (χ0) is 48.2. The van der Waals surface area contributed by atoms with E-state index in [1.807, 2.05) is 13.1 Å². The van der Waals surface area contributed by atoms with Crippen LogP contribution in [0.2, 0.25) is 0 Å². The van der Waals surface area contributed by atoms with Gasteiger partial charge < -0.3 is 14.2 Å². The second kappa shape index (κ2) is 17.6. The lowest BCUT2D eigenvalue weighted by Crippen LogP contribution is -2.29. The number of hydrogen-bond donors (Lipinski definition) is 0. The molecule has 0 atom stereocenters. The Morgan fingerprint density at radius 2 is 0.889 bits per heavy atom. The van der Waals surface area contributed by atoms with Crippen LogP contribution >= 0.6 is 0 Å². The van der Waals surface area contributed by atoms with Crippen LogP contribution < -0.4 is 9.80 Å². The Labute approximate surface area is 420 Å². The van der Waals surface area contributed by atoms with Crippen molar-refractivity contribution >= 4 is 56.1 Å². The summed E-state index contributed by atoms with van der Waals surface area (Å²) in [4.78, 5) is 9.56. The van der Waals surface area contributed by atoms with E-state index >= 15 is 0 Å². The van der Waals surface area contributed by atoms with E-state index in [0.717, 1.165) is 84.0 Å². The van der Waals surface area contributed by atoms with E-state index in [4.69, 9.17) is 9.40 Å². The SMILES string of the molecule is Cc1ccc(N(c2ccc(-c3ccccc3)cc2)c2cc3c(c4c2oc2ccccc24)-c2cc(N(c4ccc(-c5ccccc5)cc4)c4ccc(C)nc4)ccc2C3(c2ccccc2)c2ccccc2)cc1. The molecule has 0 spiro atoms. The Kier molecular flexibility index (Phi) is 10.5. The van der Waals surface area contributed by atoms with E-state index in [-0.39, 0.29) is 0 Å². The van der Waals surface area contributed by atoms with Crippen LogP contribution in [0.25, 0.3) is 55.3 Å². The lowest BCUT2D eigenvalue weighted by atomic mass is 9.67. The van der Waals surface area contributed by atoms with Crippen LogP contribution in [0.5, 0.6) is 0 Å². The summed E-state index contributed by atoms with van der Waals surface area (Å²) in [5, 5.41) is 2.15. The summed E-state index contributed by atoms with van der Waals surface area (Å²) in [5.41, 5.74) is 20.9. The van der Waals surface area contributed by atoms with Crippen molar-refractivity contribution in [3.63, 3.8) is 0 Å². The molecule has 4 heteroatoms. The molecule has 0 amide bonds. The van der Waals surface area contributed by atoms with Gasteiger partial charge >= 0.3 is 0 Å². The topological polar surface area (TPSA) is 32.5 Å². The zero-order valence-corrected chi connectivity index (χ0v) is 40.1. The number of rotatable bonds is 10. The van der Waals surface area contributed by atoms with Gasteiger partial charge in [0.1, 0.15) is 5.58 Å². The van der Waals surface area contributed by atoms with Crippen molar-refractivity contribution in [2.45, 2.75) is 19.3 Å². The van der Waals surface area contributed by atoms with Crippen LogP contribution in [0.15, 0.2) is 265 Å². The Balaban J connectivity index is 1.12. The molecule has 0 fully saturated rings. The minimum atomic E-state index is -0.725. The second-order valence-electron chi connectivity index (χ2n) is 18.8. The summed E-state index contributed by atoms with van der Waals surface area (Å²) in [6.07, 6.45) is 1.99. The van der Waals surface area contributed by atoms with Crippen molar-refractivity contribution in [3.05, 3.63) is 294 Å². The number of hydrogen-bond acceptors (Lipinski definition) is 4. The highest BCUT2D eigenvalue weighted by molar-refractivity contribution is 6.20. The number of nitrogens with zero attached hydrogens (tertiary/aromatic N) is 3. The molecular weight excluding hydrogens is 875 g/mol. The van der Waals surface area contributed by atoms with Crippen LogP contribution in [-0.4, -0.2) is 4.98 Å². The summed E-state index contributed by atoms with van der Waals surface area (Å²) in [6.45, 7) is 4.18. The molecule has 2 heterocycles. The Hall–Kier alpha value is -9.25. The first-order chi connectivity index (χ1) is 35.5. The fourth-order valence-corrected chi connectivity index (χ4v) is 11.2. The van der Waals surface area contributed by atoms with Gasteiger partial charge in [0, 0.05) is 39.2 Å². The van der Waals surface area contributed by atoms with Crippen molar-refractivity contribution in [1.82, 2.24) is 4.98 Å². The summed E-state index contributed by atoms with van der Waals surface area (Å²) in [7, 11) is 0. The van der Waals surface area contributed by atoms with E-state index in [2.05, 4.69) is 272 Å². The second-order valence-corrected chi connectivity index (χ2v) is 18.8. The van der Waals surface area contributed by atoms with Crippen molar-refractivity contribution in [2.75, 3.05) is 9.80 Å². The standard InChI is InChI=1S/C68H49N3O/c1-46-27-34-55(35-28-46)71(56-39-32-51(33-40-56)49-19-9-4-10-20-49)63-44-62-65(66-59-25-15-16-26-64(59)72-67(63)66)60-43-57(41-42-61(60)68(62,52-21-11-5-12-22-52)53-23-13-6-14-24-53)70(58-36-29-47(2)69-45-58)54-37-30-50(31-38-54)48-17-7-3-8-18-48/h3-45H,1-2H3. The van der Waals surface area contributed by atoms with Gasteiger partial charge in [-0.3, -0.25) is 4.98 Å². The molecule has 12 aromatic rings. The molecule has 10 aromatic carbocycles. The van der Waals surface area contributed by atoms with Crippen LogP contribution in [0, 0.1) is 13.8 Å². The first-order valence-corrected chi connectivity index (χ1v) is 24.7. The van der Waals surface area contributed by atoms with Gasteiger partial charge in [-0.25, -0.2) is 0 Å². The number of furan rings is 1. The average molecular weight is 924 g/mol. The normalized spacial score (nSPS) is 12.4. The highest BCUT2D eigenvalue weighted by atomic mass is 16.3. The number of para-hydroxylation sites is 1. The van der Waals surface area contributed by atoms with Gasteiger partial charge in [0.05, 0.1) is 23.0 Å². The third-order valence-corrected chi connectivity index (χ3v) is 14.5. The largest absolute Gasteiger partial charge is 0.454 e. The number of fused-ring (bicyclic) bond motifs is 7. The fraction of sp³-hybridized carbons (Fsp3) is 0.0441. The van der Waals surface area contributed by atoms with Gasteiger partial charge in [0.25, 0.3) is 0 Å². The molecule has 0 N–H and O–H groups in total. The Bertz CT molecular complexity index is 3850. The van der Waals surface area contributed by atoms with Gasteiger partial charge in [-0.1, -0.05) is 188 Å². The van der Waals surface area contributed by atoms with Gasteiger partial charge in [0.2, 0.25) is 0 Å². The summed E-state index contributed by atoms with van der Waals surface area (Å²) >= 11 is 0. The van der Waals surface area contributed by atoms with E-state index in [0.29, 0.717) is 0 Å². The van der Waals surface area contributed by atoms with Gasteiger partial charge in [-0.15, -0.1) is 0 Å². The van der Waals surface area contributed by atoms with Crippen molar-refractivity contribution in [1.29, 1.82) is 0 Å². The third kappa shape index (κ3) is 7.10. The lowest BCUT2D eigenvalue weighted by Gasteiger charge is -2.35. The van der Waals surface area contributed by atoms with Crippen LogP contribution in [0.1, 0.15) is 33.5 Å². The van der Waals surface area contributed by atoms with E-state index in [1.54, 1.807) is 0 Å². The number of anilines is 6. The van der Waals surface area contributed by atoms with E-state index in [1.165, 1.54) is 38.9 Å². The van der Waals surface area contributed by atoms with Crippen molar-refractivity contribution < 1.29 is 4.42 Å². The van der Waals surface area contributed by atoms with E-state index < -0.39 is 5.41 Å². The third-order valence-electron chi connectivity index (χ3n) is 14.5. The molecule has 1 aliphatic carbocycles. The van der Waals surface area contributed by atoms with Crippen LogP contribution in [0.4, 0.5) is 34.1 Å². The van der Waals surface area contributed by atoms with Gasteiger partial charge in [-0.05, 0) is 142 Å². The first kappa shape index (κ1) is 42.8. The molecule has 72 heavy (non-hydrogen) atoms. The van der Waals surface area contributed by atoms with Crippen molar-refractivity contribution in [2.24, 2.45) is 0 Å². The fourth-order valence-electron chi connectivity index (χ4n) is 11.2. The molecule has 0 aliphatic heterocycles. The summed E-state index contributed by atoms with van der Waals surface area (Å²) < 4.78 is 7.26. The predicted octanol–water partition coefficient (Wildman–Crippen LogP) is 18.2. The predicted molar refractivity (Wildman–Crippen MR) is 299 cm³/mol. The van der Waals surface area contributed by atoms with Crippen LogP contribution in [-0.2, 0) is 5.41 Å². The molecule has 342 valence electrons. The summed E-state index contributed by atoms with van der Waals surface area (Å²) in [5.74, 6) is 0. The lowest BCUT2D eigenvalue weighted by molar-refractivity contribution is 0.668. The molecule has 0 saturated heterocycles. The quantitative estimate of drug-likeness (QED) is 0.137. The molecule has 4 nitrogen and oxygen atoms in total. The first-order valence-electron chi connectivity index (χ1n) is 24.7. The zero-order valence-electron chi connectivity index (χ0n) is 40.1. The Morgan fingerprint density at radius 3 is 1.46 bits per heavy atom. The highest BCUT2D eigenvalue weighted by Crippen LogP contribution is 2.62. The maximum Gasteiger partial charge on any atom is 0.160 e. The van der Waals surface area contributed by atoms with Gasteiger partial charge in [0.15, 0.2) is 5.58 Å². The minimum absolute atomic E-state index is 0.725. The Morgan fingerprint density at radius 1 is 0.403 bits per heavy atom. The van der Waals surface area contributed by atoms with Crippen molar-refractivity contribution in [3.8, 4) is 33.4 Å². The number of pyridine rings is 1. The smallest absolute Gasteiger partial charge is 0.160 e. The minimum Gasteiger partial charge on any atom is -0.454 e. The molecule has 0 unspecified atom stereocenters. The summed E-state index contributed by atoms with van der Waals surface area (Å²) in [6, 6.07) is 92.3. The molecular formula is C68H49N3O. The molecule has 0 saturated carbocycles. The maximum atomic E-state index is 7.26. The molecule has 13 rings (SSSR count). The number of aryl methyl sites for hydroxylation is 2. The monoisotopic (exact) mass is 923 g/mol. The van der Waals surface area contributed by atoms with E-state index in [9.17, 15) is 0 Å². The molecule has 0 radical (unpaired) electrons. The van der Waals surface area contributed by atoms with Crippen LogP contribution in [0.3, 0.4) is 0 Å². The molecule has 0 bridgehead atoms.